The molecule has 0 radical (unpaired) electrons. The molecular weight excluding hydrogens is 358 g/mol. The molecule has 140 valence electrons. The van der Waals surface area contributed by atoms with Gasteiger partial charge in [-0.3, -0.25) is 14.0 Å². The first-order chi connectivity index (χ1) is 13.5. The van der Waals surface area contributed by atoms with Crippen LogP contribution in [0.5, 0.6) is 0 Å². The van der Waals surface area contributed by atoms with Crippen LogP contribution in [-0.4, -0.2) is 26.4 Å². The highest BCUT2D eigenvalue weighted by Gasteiger charge is 2.22. The number of hydrogen-bond acceptors (Lipinski definition) is 5. The Kier molecular flexibility index (Phi) is 4.36. The molecule has 2 amide bonds. The van der Waals surface area contributed by atoms with Crippen molar-refractivity contribution in [1.29, 1.82) is 0 Å². The maximum Gasteiger partial charge on any atom is 0.293 e. The van der Waals surface area contributed by atoms with Crippen molar-refractivity contribution in [1.82, 2.24) is 14.5 Å². The number of anilines is 2. The Morgan fingerprint density at radius 2 is 1.79 bits per heavy atom. The maximum atomic E-state index is 12.8. The van der Waals surface area contributed by atoms with E-state index in [1.54, 1.807) is 41.8 Å². The van der Waals surface area contributed by atoms with Crippen LogP contribution < -0.4 is 10.6 Å². The first-order valence-corrected chi connectivity index (χ1v) is 8.61. The lowest BCUT2D eigenvalue weighted by atomic mass is 10.2. The summed E-state index contributed by atoms with van der Waals surface area (Å²) in [6.07, 6.45) is 1.68. The van der Waals surface area contributed by atoms with Gasteiger partial charge in [0.2, 0.25) is 5.82 Å². The monoisotopic (exact) mass is 375 g/mol. The summed E-state index contributed by atoms with van der Waals surface area (Å²) in [6, 6.07) is 14.3. The predicted octanol–water partition coefficient (Wildman–Crippen LogP) is 3.44. The Hall–Kier alpha value is -3.94. The summed E-state index contributed by atoms with van der Waals surface area (Å²) in [5.41, 5.74) is 2.30. The van der Waals surface area contributed by atoms with E-state index >= 15 is 0 Å². The normalized spacial score (nSPS) is 10.8. The lowest BCUT2D eigenvalue weighted by Crippen LogP contribution is -2.17. The van der Waals surface area contributed by atoms with Gasteiger partial charge in [-0.2, -0.15) is 0 Å². The minimum atomic E-state index is -0.496. The summed E-state index contributed by atoms with van der Waals surface area (Å²) >= 11 is 0. The van der Waals surface area contributed by atoms with Gasteiger partial charge in [0, 0.05) is 18.0 Å². The van der Waals surface area contributed by atoms with E-state index in [1.807, 2.05) is 31.2 Å². The summed E-state index contributed by atoms with van der Waals surface area (Å²) < 4.78 is 6.52. The number of benzene rings is 1. The third kappa shape index (κ3) is 3.23. The summed E-state index contributed by atoms with van der Waals surface area (Å²) in [5, 5.41) is 9.22. The number of carbonyl (C=O) groups is 2. The number of nitrogens with one attached hydrogen (secondary N) is 2. The molecule has 0 unspecified atom stereocenters. The zero-order chi connectivity index (χ0) is 19.7. The van der Waals surface area contributed by atoms with Crippen molar-refractivity contribution in [3.8, 4) is 0 Å². The molecule has 0 spiro atoms. The molecule has 0 saturated carbocycles. The van der Waals surface area contributed by atoms with Crippen LogP contribution in [0.25, 0.3) is 5.52 Å². The Morgan fingerprint density at radius 1 is 1.00 bits per heavy atom. The first-order valence-electron chi connectivity index (χ1n) is 8.61. The number of rotatable bonds is 4. The van der Waals surface area contributed by atoms with Gasteiger partial charge in [0.05, 0.1) is 5.52 Å². The topological polar surface area (TPSA) is 102 Å². The fourth-order valence-electron chi connectivity index (χ4n) is 2.86. The van der Waals surface area contributed by atoms with Crippen molar-refractivity contribution in [3.05, 3.63) is 77.6 Å². The van der Waals surface area contributed by atoms with Gasteiger partial charge in [-0.05, 0) is 37.6 Å². The van der Waals surface area contributed by atoms with Gasteiger partial charge in [-0.15, -0.1) is 0 Å². The van der Waals surface area contributed by atoms with Gasteiger partial charge in [-0.1, -0.05) is 29.4 Å². The average molecular weight is 375 g/mol. The maximum absolute atomic E-state index is 12.8. The molecule has 0 bridgehead atoms. The van der Waals surface area contributed by atoms with E-state index in [0.717, 1.165) is 5.56 Å². The van der Waals surface area contributed by atoms with Crippen LogP contribution >= 0.6 is 0 Å². The van der Waals surface area contributed by atoms with Gasteiger partial charge < -0.3 is 15.2 Å². The fourth-order valence-corrected chi connectivity index (χ4v) is 2.86. The van der Waals surface area contributed by atoms with Gasteiger partial charge in [0.25, 0.3) is 11.8 Å². The van der Waals surface area contributed by atoms with Crippen LogP contribution in [0.2, 0.25) is 0 Å². The van der Waals surface area contributed by atoms with Crippen molar-refractivity contribution in [2.45, 2.75) is 13.8 Å². The van der Waals surface area contributed by atoms with E-state index in [-0.39, 0.29) is 17.3 Å². The molecule has 4 rings (SSSR count). The number of carbonyl (C=O) groups excluding carboxylic acids is 2. The van der Waals surface area contributed by atoms with Gasteiger partial charge in [-0.25, -0.2) is 4.98 Å². The highest BCUT2D eigenvalue weighted by molar-refractivity contribution is 6.10. The number of amides is 2. The molecule has 0 aliphatic carbocycles. The van der Waals surface area contributed by atoms with Crippen LogP contribution in [0, 0.1) is 13.8 Å². The lowest BCUT2D eigenvalue weighted by molar-refractivity contribution is 0.101. The molecule has 0 aliphatic rings. The molecule has 2 N–H and O–H groups in total. The smallest absolute Gasteiger partial charge is 0.293 e. The van der Waals surface area contributed by atoms with Gasteiger partial charge in [0.1, 0.15) is 5.76 Å². The molecule has 3 aromatic heterocycles. The molecule has 28 heavy (non-hydrogen) atoms. The summed E-state index contributed by atoms with van der Waals surface area (Å²) in [5.74, 6) is 0.0348. The molecule has 3 heterocycles. The number of aryl methyl sites for hydroxylation is 2. The molecule has 0 atom stereocenters. The minimum Gasteiger partial charge on any atom is -0.360 e. The van der Waals surface area contributed by atoms with E-state index in [1.165, 1.54) is 0 Å². The quantitative estimate of drug-likeness (QED) is 0.569. The second kappa shape index (κ2) is 6.99. The summed E-state index contributed by atoms with van der Waals surface area (Å²) in [6.45, 7) is 3.63. The number of imidazole rings is 1. The van der Waals surface area contributed by atoms with Crippen molar-refractivity contribution in [2.75, 3.05) is 10.6 Å². The number of para-hydroxylation sites is 1. The molecule has 8 nitrogen and oxygen atoms in total. The average Bonchev–Trinajstić information content (AvgIpc) is 3.27. The number of fused-ring (bicyclic) bond motifs is 1. The second-order valence-corrected chi connectivity index (χ2v) is 6.29. The first kappa shape index (κ1) is 17.5. The zero-order valence-corrected chi connectivity index (χ0v) is 15.3. The highest BCUT2D eigenvalue weighted by atomic mass is 16.5. The third-order valence-corrected chi connectivity index (χ3v) is 4.23. The highest BCUT2D eigenvalue weighted by Crippen LogP contribution is 2.19. The Bertz CT molecular complexity index is 1190. The largest absolute Gasteiger partial charge is 0.360 e. The minimum absolute atomic E-state index is 0.0752. The second-order valence-electron chi connectivity index (χ2n) is 6.29. The molecular formula is C20H17N5O3. The number of pyridine rings is 1. The van der Waals surface area contributed by atoms with Crippen LogP contribution in [0.3, 0.4) is 0 Å². The SMILES string of the molecule is Cc1cc(NC(=O)c2nc(C(=O)Nc3ccccc3C)c3ccccn23)no1. The van der Waals surface area contributed by atoms with E-state index in [2.05, 4.69) is 20.8 Å². The zero-order valence-electron chi connectivity index (χ0n) is 15.3. The fraction of sp³-hybridized carbons (Fsp3) is 0.100. The van der Waals surface area contributed by atoms with Crippen LogP contribution in [0.4, 0.5) is 11.5 Å². The van der Waals surface area contributed by atoms with E-state index in [4.69, 9.17) is 4.52 Å². The van der Waals surface area contributed by atoms with Crippen molar-refractivity contribution >= 4 is 28.8 Å². The van der Waals surface area contributed by atoms with Gasteiger partial charge in [0.15, 0.2) is 11.5 Å². The molecule has 0 fully saturated rings. The number of aromatic nitrogens is 3. The lowest BCUT2D eigenvalue weighted by Gasteiger charge is -2.06. The van der Waals surface area contributed by atoms with Crippen molar-refractivity contribution in [3.63, 3.8) is 0 Å². The number of nitrogens with zero attached hydrogens (tertiary/aromatic N) is 3. The summed E-state index contributed by atoms with van der Waals surface area (Å²) in [4.78, 5) is 29.8. The van der Waals surface area contributed by atoms with E-state index in [0.29, 0.717) is 17.0 Å². The van der Waals surface area contributed by atoms with Crippen LogP contribution in [0.15, 0.2) is 59.3 Å². The van der Waals surface area contributed by atoms with Gasteiger partial charge >= 0.3 is 0 Å². The Balaban J connectivity index is 1.69. The Morgan fingerprint density at radius 3 is 2.54 bits per heavy atom. The van der Waals surface area contributed by atoms with Crippen molar-refractivity contribution in [2.24, 2.45) is 0 Å². The van der Waals surface area contributed by atoms with E-state index in [9.17, 15) is 9.59 Å². The molecule has 1 aromatic carbocycles. The van der Waals surface area contributed by atoms with Crippen LogP contribution in [0.1, 0.15) is 32.4 Å². The molecule has 0 saturated heterocycles. The molecule has 4 aromatic rings. The molecule has 8 heteroatoms. The van der Waals surface area contributed by atoms with E-state index < -0.39 is 11.8 Å². The summed E-state index contributed by atoms with van der Waals surface area (Å²) in [7, 11) is 0. The van der Waals surface area contributed by atoms with Crippen molar-refractivity contribution < 1.29 is 14.1 Å². The standard InChI is InChI=1S/C20H17N5O3/c1-12-7-3-4-8-14(12)21-19(26)17-15-9-5-6-10-25(15)18(23-17)20(27)22-16-11-13(2)28-24-16/h3-11H,1-2H3,(H,21,26)(H,22,24,27). The predicted molar refractivity (Wildman–Crippen MR) is 104 cm³/mol. The third-order valence-electron chi connectivity index (χ3n) is 4.23. The number of hydrogen-bond donors (Lipinski definition) is 2. The van der Waals surface area contributed by atoms with Crippen LogP contribution in [-0.2, 0) is 0 Å². The Labute approximate surface area is 160 Å². The molecule has 0 aliphatic heterocycles.